The highest BCUT2D eigenvalue weighted by Crippen LogP contribution is 2.29. The number of nitrogens with zero attached hydrogens (tertiary/aromatic N) is 1. The van der Waals surface area contributed by atoms with E-state index in [1.54, 1.807) is 0 Å². The molecule has 4 nitrogen and oxygen atoms in total. The largest absolute Gasteiger partial charge is 0.495 e. The first-order valence-corrected chi connectivity index (χ1v) is 7.90. The van der Waals surface area contributed by atoms with E-state index in [1.807, 2.05) is 27.7 Å². The molecule has 0 radical (unpaired) electrons. The van der Waals surface area contributed by atoms with Crippen molar-refractivity contribution in [2.75, 3.05) is 7.11 Å². The summed E-state index contributed by atoms with van der Waals surface area (Å²) in [6, 6.07) is 4.25. The molecule has 0 N–H and O–H groups in total. The second-order valence-corrected chi connectivity index (χ2v) is 7.07. The molecular formula is C13H20ClNO3S. The highest BCUT2D eigenvalue weighted by Gasteiger charge is 2.29. The molecule has 0 amide bonds. The zero-order valence-electron chi connectivity index (χ0n) is 11.8. The summed E-state index contributed by atoms with van der Waals surface area (Å²) < 4.78 is 31.8. The summed E-state index contributed by atoms with van der Waals surface area (Å²) in [6.45, 7) is 7.41. The van der Waals surface area contributed by atoms with Gasteiger partial charge in [0.2, 0.25) is 10.0 Å². The maximum absolute atomic E-state index is 12.6. The third kappa shape index (κ3) is 3.41. The summed E-state index contributed by atoms with van der Waals surface area (Å²) >= 11 is 5.92. The number of rotatable bonds is 5. The van der Waals surface area contributed by atoms with Gasteiger partial charge in [-0.05, 0) is 39.8 Å². The lowest BCUT2D eigenvalue weighted by Crippen LogP contribution is -2.41. The molecule has 0 bridgehead atoms. The van der Waals surface area contributed by atoms with Crippen molar-refractivity contribution in [3.63, 3.8) is 0 Å². The van der Waals surface area contributed by atoms with Gasteiger partial charge in [0.05, 0.1) is 17.0 Å². The monoisotopic (exact) mass is 305 g/mol. The maximum Gasteiger partial charge on any atom is 0.243 e. The average Bonchev–Trinajstić information content (AvgIpc) is 2.27. The van der Waals surface area contributed by atoms with E-state index in [4.69, 9.17) is 16.3 Å². The van der Waals surface area contributed by atoms with Crippen LogP contribution in [-0.2, 0) is 10.0 Å². The topological polar surface area (TPSA) is 46.6 Å². The van der Waals surface area contributed by atoms with Crippen LogP contribution in [0.2, 0.25) is 5.02 Å². The average molecular weight is 306 g/mol. The van der Waals surface area contributed by atoms with E-state index in [2.05, 4.69) is 0 Å². The molecule has 0 saturated carbocycles. The van der Waals surface area contributed by atoms with E-state index >= 15 is 0 Å². The first-order chi connectivity index (χ1) is 8.71. The second kappa shape index (κ2) is 6.11. The van der Waals surface area contributed by atoms with Crippen molar-refractivity contribution in [1.82, 2.24) is 4.31 Å². The molecule has 6 heteroatoms. The molecule has 0 aliphatic heterocycles. The summed E-state index contributed by atoms with van der Waals surface area (Å²) in [4.78, 5) is 0.191. The molecule has 0 spiro atoms. The summed E-state index contributed by atoms with van der Waals surface area (Å²) in [5, 5.41) is 0.391. The summed E-state index contributed by atoms with van der Waals surface area (Å²) in [6.07, 6.45) is 0. The minimum atomic E-state index is -3.55. The van der Waals surface area contributed by atoms with Crippen LogP contribution in [0.4, 0.5) is 0 Å². The van der Waals surface area contributed by atoms with Crippen LogP contribution in [0.15, 0.2) is 23.1 Å². The predicted molar refractivity (Wildman–Crippen MR) is 77.3 cm³/mol. The third-order valence-electron chi connectivity index (χ3n) is 2.72. The summed E-state index contributed by atoms with van der Waals surface area (Å²) in [5.41, 5.74) is 0. The smallest absolute Gasteiger partial charge is 0.243 e. The lowest BCUT2D eigenvalue weighted by molar-refractivity contribution is 0.302. The lowest BCUT2D eigenvalue weighted by atomic mass is 10.3. The third-order valence-corrected chi connectivity index (χ3v) is 5.28. The molecular weight excluding hydrogens is 286 g/mol. The number of ether oxygens (including phenoxy) is 1. The molecule has 0 unspecified atom stereocenters. The van der Waals surface area contributed by atoms with Gasteiger partial charge in [0, 0.05) is 18.2 Å². The predicted octanol–water partition coefficient (Wildman–Crippen LogP) is 3.16. The molecule has 19 heavy (non-hydrogen) atoms. The van der Waals surface area contributed by atoms with Crippen LogP contribution in [0, 0.1) is 0 Å². The fourth-order valence-electron chi connectivity index (χ4n) is 2.07. The van der Waals surface area contributed by atoms with Gasteiger partial charge in [-0.3, -0.25) is 0 Å². The molecule has 0 fully saturated rings. The van der Waals surface area contributed by atoms with E-state index in [-0.39, 0.29) is 17.0 Å². The maximum atomic E-state index is 12.6. The van der Waals surface area contributed by atoms with Crippen molar-refractivity contribution in [3.05, 3.63) is 23.2 Å². The zero-order valence-corrected chi connectivity index (χ0v) is 13.4. The van der Waals surface area contributed by atoms with E-state index in [0.29, 0.717) is 10.8 Å². The van der Waals surface area contributed by atoms with E-state index in [9.17, 15) is 8.42 Å². The molecule has 0 heterocycles. The molecule has 0 aliphatic carbocycles. The van der Waals surface area contributed by atoms with Gasteiger partial charge in [-0.1, -0.05) is 11.6 Å². The highest BCUT2D eigenvalue weighted by atomic mass is 35.5. The highest BCUT2D eigenvalue weighted by molar-refractivity contribution is 7.89. The molecule has 1 rings (SSSR count). The van der Waals surface area contributed by atoms with Crippen LogP contribution < -0.4 is 4.74 Å². The fraction of sp³-hybridized carbons (Fsp3) is 0.538. The van der Waals surface area contributed by atoms with Gasteiger partial charge in [-0.2, -0.15) is 4.31 Å². The van der Waals surface area contributed by atoms with Gasteiger partial charge in [-0.15, -0.1) is 0 Å². The van der Waals surface area contributed by atoms with Crippen LogP contribution in [0.5, 0.6) is 5.75 Å². The minimum absolute atomic E-state index is 0.119. The summed E-state index contributed by atoms with van der Waals surface area (Å²) in [7, 11) is -2.10. The first kappa shape index (κ1) is 16.3. The number of hydrogen-bond acceptors (Lipinski definition) is 3. The molecule has 108 valence electrons. The lowest BCUT2D eigenvalue weighted by Gasteiger charge is -2.29. The number of methoxy groups -OCH3 is 1. The Labute approximate surface area is 120 Å². The molecule has 1 aromatic carbocycles. The van der Waals surface area contributed by atoms with Crippen molar-refractivity contribution in [2.24, 2.45) is 0 Å². The Balaban J connectivity index is 3.34. The van der Waals surface area contributed by atoms with Gasteiger partial charge >= 0.3 is 0 Å². The molecule has 0 saturated heterocycles. The van der Waals surface area contributed by atoms with Crippen LogP contribution in [0.1, 0.15) is 27.7 Å². The van der Waals surface area contributed by atoms with Gasteiger partial charge in [-0.25, -0.2) is 8.42 Å². The van der Waals surface area contributed by atoms with Gasteiger partial charge in [0.15, 0.2) is 0 Å². The van der Waals surface area contributed by atoms with E-state index in [0.717, 1.165) is 0 Å². The van der Waals surface area contributed by atoms with Gasteiger partial charge in [0.25, 0.3) is 0 Å². The van der Waals surface area contributed by atoms with E-state index in [1.165, 1.54) is 29.6 Å². The first-order valence-electron chi connectivity index (χ1n) is 6.09. The zero-order chi connectivity index (χ0) is 14.8. The van der Waals surface area contributed by atoms with Crippen molar-refractivity contribution < 1.29 is 13.2 Å². The van der Waals surface area contributed by atoms with Crippen molar-refractivity contribution in [3.8, 4) is 5.75 Å². The SMILES string of the molecule is COc1cc(S(=O)(=O)N(C(C)C)C(C)C)ccc1Cl. The second-order valence-electron chi connectivity index (χ2n) is 4.82. The van der Waals surface area contributed by atoms with Gasteiger partial charge < -0.3 is 4.74 Å². The van der Waals surface area contributed by atoms with Crippen molar-refractivity contribution in [1.29, 1.82) is 0 Å². The van der Waals surface area contributed by atoms with Crippen molar-refractivity contribution in [2.45, 2.75) is 44.7 Å². The van der Waals surface area contributed by atoms with Crippen LogP contribution in [0.25, 0.3) is 0 Å². The molecule has 0 atom stereocenters. The number of halogens is 1. The van der Waals surface area contributed by atoms with Crippen LogP contribution in [-0.4, -0.2) is 31.9 Å². The Morgan fingerprint density at radius 1 is 1.16 bits per heavy atom. The van der Waals surface area contributed by atoms with Gasteiger partial charge in [0.1, 0.15) is 5.75 Å². The standard InChI is InChI=1S/C13H20ClNO3S/c1-9(2)15(10(3)4)19(16,17)11-6-7-12(14)13(8-11)18-5/h6-10H,1-5H3. The van der Waals surface area contributed by atoms with Crippen LogP contribution in [0.3, 0.4) is 0 Å². The Morgan fingerprint density at radius 2 is 1.68 bits per heavy atom. The van der Waals surface area contributed by atoms with Crippen molar-refractivity contribution >= 4 is 21.6 Å². The number of benzene rings is 1. The Bertz CT molecular complexity index is 533. The molecule has 0 aromatic heterocycles. The molecule has 0 aliphatic rings. The number of hydrogen-bond donors (Lipinski definition) is 0. The Morgan fingerprint density at radius 3 is 2.11 bits per heavy atom. The quantitative estimate of drug-likeness (QED) is 0.839. The Hall–Kier alpha value is -0.780. The minimum Gasteiger partial charge on any atom is -0.495 e. The fourth-order valence-corrected chi connectivity index (χ4v) is 4.12. The molecule has 1 aromatic rings. The number of sulfonamides is 1. The normalized spacial score (nSPS) is 12.5. The Kier molecular flexibility index (Phi) is 5.24. The van der Waals surface area contributed by atoms with E-state index < -0.39 is 10.0 Å². The summed E-state index contributed by atoms with van der Waals surface area (Å²) in [5.74, 6) is 0.357. The van der Waals surface area contributed by atoms with Crippen LogP contribution >= 0.6 is 11.6 Å².